The summed E-state index contributed by atoms with van der Waals surface area (Å²) in [4.78, 5) is 18.8. The third kappa shape index (κ3) is 2.99. The minimum Gasteiger partial charge on any atom is -0.383 e. The minimum atomic E-state index is 0.0699. The Morgan fingerprint density at radius 1 is 1.44 bits per heavy atom. The van der Waals surface area contributed by atoms with Crippen LogP contribution in [0.25, 0.3) is 10.9 Å². The van der Waals surface area contributed by atoms with Gasteiger partial charge in [-0.25, -0.2) is 9.97 Å². The van der Waals surface area contributed by atoms with Crippen LogP contribution in [0.15, 0.2) is 24.5 Å². The van der Waals surface area contributed by atoms with Crippen LogP contribution in [0.3, 0.4) is 0 Å². The molecule has 1 aromatic heterocycles. The van der Waals surface area contributed by atoms with Crippen LogP contribution >= 0.6 is 11.8 Å². The number of rotatable bonds is 1. The number of nitrogens with two attached hydrogens (primary N) is 1. The first-order chi connectivity index (χ1) is 8.66. The van der Waals surface area contributed by atoms with Gasteiger partial charge in [-0.05, 0) is 18.2 Å². The Morgan fingerprint density at radius 2 is 2.28 bits per heavy atom. The van der Waals surface area contributed by atoms with E-state index in [0.29, 0.717) is 11.6 Å². The molecule has 2 rings (SSSR count). The van der Waals surface area contributed by atoms with Crippen LogP contribution in [0.1, 0.15) is 12.5 Å². The van der Waals surface area contributed by atoms with Crippen molar-refractivity contribution in [3.8, 4) is 11.8 Å². The topological polar surface area (TPSA) is 68.9 Å². The number of thioether (sulfide) groups is 1. The summed E-state index contributed by atoms with van der Waals surface area (Å²) >= 11 is 1.20. The molecule has 0 unspecified atom stereocenters. The number of hydrogen-bond acceptors (Lipinski definition) is 5. The second-order valence-electron chi connectivity index (χ2n) is 3.57. The number of nitrogens with zero attached hydrogens (tertiary/aromatic N) is 2. The SMILES string of the molecule is CC(=O)SCC#Cc1ccc2ncnc(N)c2c1. The molecule has 0 spiro atoms. The lowest BCUT2D eigenvalue weighted by Crippen LogP contribution is -1.93. The molecule has 1 heterocycles. The van der Waals surface area contributed by atoms with Crippen molar-refractivity contribution < 1.29 is 4.79 Å². The Balaban J connectivity index is 2.24. The predicted octanol–water partition coefficient (Wildman–Crippen LogP) is 1.84. The van der Waals surface area contributed by atoms with Gasteiger partial charge in [0, 0.05) is 17.9 Å². The summed E-state index contributed by atoms with van der Waals surface area (Å²) in [6.45, 7) is 1.53. The molecule has 1 aromatic carbocycles. The van der Waals surface area contributed by atoms with Crippen molar-refractivity contribution in [1.82, 2.24) is 9.97 Å². The van der Waals surface area contributed by atoms with Gasteiger partial charge in [0.15, 0.2) is 5.12 Å². The standard InChI is InChI=1S/C13H11N3OS/c1-9(17)18-6-2-3-10-4-5-12-11(7-10)13(14)16-8-15-12/h4-5,7-8H,6H2,1H3,(H2,14,15,16). The van der Waals surface area contributed by atoms with Crippen LogP contribution in [0.4, 0.5) is 5.82 Å². The molecular formula is C13H11N3OS. The van der Waals surface area contributed by atoms with Gasteiger partial charge in [-0.3, -0.25) is 4.79 Å². The molecule has 0 amide bonds. The molecule has 0 aliphatic heterocycles. The van der Waals surface area contributed by atoms with Crippen molar-refractivity contribution in [2.75, 3.05) is 11.5 Å². The number of hydrogen-bond donors (Lipinski definition) is 1. The van der Waals surface area contributed by atoms with Gasteiger partial charge in [0.25, 0.3) is 0 Å². The fourth-order valence-electron chi connectivity index (χ4n) is 1.43. The zero-order valence-electron chi connectivity index (χ0n) is 9.80. The van der Waals surface area contributed by atoms with Crippen molar-refractivity contribution >= 4 is 33.6 Å². The van der Waals surface area contributed by atoms with Gasteiger partial charge in [0.2, 0.25) is 0 Å². The molecule has 2 aromatic rings. The monoisotopic (exact) mass is 257 g/mol. The van der Waals surface area contributed by atoms with E-state index in [1.165, 1.54) is 25.0 Å². The molecule has 0 fully saturated rings. The van der Waals surface area contributed by atoms with Crippen LogP contribution in [0.5, 0.6) is 0 Å². The molecule has 0 saturated heterocycles. The Bertz CT molecular complexity index is 658. The molecule has 18 heavy (non-hydrogen) atoms. The van der Waals surface area contributed by atoms with Crippen molar-refractivity contribution in [1.29, 1.82) is 0 Å². The molecule has 0 atom stereocenters. The van der Waals surface area contributed by atoms with E-state index in [1.54, 1.807) is 0 Å². The van der Waals surface area contributed by atoms with Gasteiger partial charge >= 0.3 is 0 Å². The number of carbonyl (C=O) groups is 1. The Kier molecular flexibility index (Phi) is 3.80. The maximum atomic E-state index is 10.7. The number of nitrogen functional groups attached to an aromatic ring is 1. The average Bonchev–Trinajstić information content (AvgIpc) is 2.35. The van der Waals surface area contributed by atoms with Gasteiger partial charge < -0.3 is 5.73 Å². The summed E-state index contributed by atoms with van der Waals surface area (Å²) in [6.07, 6.45) is 1.44. The third-order valence-corrected chi connectivity index (χ3v) is 2.94. The molecule has 0 saturated carbocycles. The maximum absolute atomic E-state index is 10.7. The summed E-state index contributed by atoms with van der Waals surface area (Å²) in [5.41, 5.74) is 7.41. The molecule has 0 bridgehead atoms. The Hall–Kier alpha value is -2.06. The summed E-state index contributed by atoms with van der Waals surface area (Å²) in [5.74, 6) is 6.85. The largest absolute Gasteiger partial charge is 0.383 e. The van der Waals surface area contributed by atoms with E-state index in [1.807, 2.05) is 18.2 Å². The summed E-state index contributed by atoms with van der Waals surface area (Å²) in [5, 5.41) is 0.865. The Morgan fingerprint density at radius 3 is 3.06 bits per heavy atom. The Labute approximate surface area is 109 Å². The summed E-state index contributed by atoms with van der Waals surface area (Å²) in [6, 6.07) is 5.59. The number of fused-ring (bicyclic) bond motifs is 1. The van der Waals surface area contributed by atoms with Crippen molar-refractivity contribution in [3.63, 3.8) is 0 Å². The van der Waals surface area contributed by atoms with Gasteiger partial charge in [-0.1, -0.05) is 23.6 Å². The zero-order valence-corrected chi connectivity index (χ0v) is 10.6. The van der Waals surface area contributed by atoms with Crippen LogP contribution < -0.4 is 5.73 Å². The summed E-state index contributed by atoms with van der Waals surface area (Å²) in [7, 11) is 0. The van der Waals surface area contributed by atoms with Crippen molar-refractivity contribution in [2.45, 2.75) is 6.92 Å². The highest BCUT2D eigenvalue weighted by atomic mass is 32.2. The number of aromatic nitrogens is 2. The van der Waals surface area contributed by atoms with E-state index in [2.05, 4.69) is 21.8 Å². The highest BCUT2D eigenvalue weighted by molar-refractivity contribution is 8.13. The fourth-order valence-corrected chi connectivity index (χ4v) is 1.78. The number of carbonyl (C=O) groups excluding carboxylic acids is 1. The smallest absolute Gasteiger partial charge is 0.186 e. The second-order valence-corrected chi connectivity index (χ2v) is 4.73. The molecule has 0 aliphatic carbocycles. The van der Waals surface area contributed by atoms with Gasteiger partial charge in [-0.2, -0.15) is 0 Å². The molecule has 0 aliphatic rings. The molecule has 2 N–H and O–H groups in total. The summed E-state index contributed by atoms with van der Waals surface area (Å²) < 4.78 is 0. The first-order valence-electron chi connectivity index (χ1n) is 5.29. The second kappa shape index (κ2) is 5.52. The van der Waals surface area contributed by atoms with Crippen molar-refractivity contribution in [3.05, 3.63) is 30.1 Å². The molecule has 90 valence electrons. The lowest BCUT2D eigenvalue weighted by Gasteiger charge is -1.99. The van der Waals surface area contributed by atoms with Gasteiger partial charge in [0.1, 0.15) is 12.1 Å². The molecular weight excluding hydrogens is 246 g/mol. The van der Waals surface area contributed by atoms with Crippen LogP contribution in [0.2, 0.25) is 0 Å². The quantitative estimate of drug-likeness (QED) is 0.789. The van der Waals surface area contributed by atoms with E-state index in [0.717, 1.165) is 16.5 Å². The van der Waals surface area contributed by atoms with Crippen LogP contribution in [-0.4, -0.2) is 20.8 Å². The highest BCUT2D eigenvalue weighted by Crippen LogP contribution is 2.17. The normalized spacial score (nSPS) is 9.83. The van der Waals surface area contributed by atoms with E-state index < -0.39 is 0 Å². The van der Waals surface area contributed by atoms with Gasteiger partial charge in [-0.15, -0.1) is 0 Å². The maximum Gasteiger partial charge on any atom is 0.186 e. The first-order valence-corrected chi connectivity index (χ1v) is 6.28. The van der Waals surface area contributed by atoms with Gasteiger partial charge in [0.05, 0.1) is 11.3 Å². The van der Waals surface area contributed by atoms with E-state index in [9.17, 15) is 4.79 Å². The lowest BCUT2D eigenvalue weighted by atomic mass is 10.1. The number of anilines is 1. The predicted molar refractivity (Wildman–Crippen MR) is 74.0 cm³/mol. The third-order valence-electron chi connectivity index (χ3n) is 2.25. The molecule has 4 nitrogen and oxygen atoms in total. The highest BCUT2D eigenvalue weighted by Gasteiger charge is 2.00. The number of benzene rings is 1. The fraction of sp³-hybridized carbons (Fsp3) is 0.154. The van der Waals surface area contributed by atoms with E-state index >= 15 is 0 Å². The van der Waals surface area contributed by atoms with E-state index in [-0.39, 0.29) is 5.12 Å². The van der Waals surface area contributed by atoms with Crippen LogP contribution in [-0.2, 0) is 4.79 Å². The zero-order chi connectivity index (χ0) is 13.0. The first kappa shape index (κ1) is 12.4. The average molecular weight is 257 g/mol. The minimum absolute atomic E-state index is 0.0699. The molecule has 5 heteroatoms. The van der Waals surface area contributed by atoms with Crippen molar-refractivity contribution in [2.24, 2.45) is 0 Å². The molecule has 0 radical (unpaired) electrons. The van der Waals surface area contributed by atoms with Crippen LogP contribution in [0, 0.1) is 11.8 Å². The lowest BCUT2D eigenvalue weighted by molar-refractivity contribution is -0.109. The van der Waals surface area contributed by atoms with E-state index in [4.69, 9.17) is 5.73 Å².